The smallest absolute Gasteiger partial charge is 0.426 e. The Hall–Kier alpha value is -3.07. The number of carbonyl (C=O) groups is 4. The molecule has 0 amide bonds. The van der Waals surface area contributed by atoms with E-state index >= 15 is 0 Å². The molecule has 0 aromatic carbocycles. The molecule has 3 aliphatic heterocycles. The van der Waals surface area contributed by atoms with Crippen molar-refractivity contribution in [2.45, 2.75) is 324 Å². The van der Waals surface area contributed by atoms with Crippen LogP contribution in [0.4, 0.5) is 14.4 Å². The number of hydrogen-bond acceptors (Lipinski definition) is 14. The minimum absolute atomic E-state index is 0.0155. The van der Waals surface area contributed by atoms with Crippen molar-refractivity contribution in [3.63, 3.8) is 0 Å². The number of carbonyl (C=O) groups excluding carboxylic acids is 4. The highest BCUT2D eigenvalue weighted by atomic mass is 28.4. The van der Waals surface area contributed by atoms with Crippen molar-refractivity contribution in [3.05, 3.63) is 47.1 Å². The highest BCUT2D eigenvalue weighted by molar-refractivity contribution is 6.75. The van der Waals surface area contributed by atoms with E-state index in [0.717, 1.165) is 48.3 Å². The minimum atomic E-state index is -2.18. The van der Waals surface area contributed by atoms with E-state index in [2.05, 4.69) is 203 Å². The van der Waals surface area contributed by atoms with E-state index in [4.69, 9.17) is 41.7 Å². The van der Waals surface area contributed by atoms with Gasteiger partial charge in [-0.25, -0.2) is 14.4 Å². The Morgan fingerprint density at radius 1 is 0.505 bits per heavy atom. The first-order chi connectivity index (χ1) is 44.0. The second-order valence-corrected chi connectivity index (χ2v) is 56.1. The zero-order valence-electron chi connectivity index (χ0n) is 64.9. The summed E-state index contributed by atoms with van der Waals surface area (Å²) in [6.07, 6.45) is 11.0. The van der Waals surface area contributed by atoms with Crippen molar-refractivity contribution in [2.75, 3.05) is 0 Å². The van der Waals surface area contributed by atoms with Gasteiger partial charge in [0.25, 0.3) is 0 Å². The van der Waals surface area contributed by atoms with Crippen molar-refractivity contribution < 1.29 is 66.0 Å². The number of Topliss-reactive ketones (excluding diaryl/α,β-unsaturated/α-hetero) is 1. The maximum atomic E-state index is 14.7. The van der Waals surface area contributed by atoms with Crippen molar-refractivity contribution in [2.24, 2.45) is 104 Å². The van der Waals surface area contributed by atoms with Gasteiger partial charge in [-0.1, -0.05) is 168 Å². The molecule has 4 spiro atoms. The predicted octanol–water partition coefficient (Wildman–Crippen LogP) is 18.8. The van der Waals surface area contributed by atoms with Crippen LogP contribution in [0.25, 0.3) is 0 Å². The monoisotopic (exact) mass is 1390 g/mol. The van der Waals surface area contributed by atoms with Gasteiger partial charge in [-0.15, -0.1) is 0 Å². The van der Waals surface area contributed by atoms with Gasteiger partial charge in [0.1, 0.15) is 0 Å². The Kier molecular flexibility index (Phi) is 15.9. The lowest BCUT2D eigenvalue weighted by Crippen LogP contribution is -2.56. The summed E-state index contributed by atoms with van der Waals surface area (Å²) < 4.78 is 57.9. The van der Waals surface area contributed by atoms with E-state index in [-0.39, 0.29) is 90.6 Å². The molecule has 0 aromatic heterocycles. The molecule has 3 heterocycles. The normalized spacial score (nSPS) is 47.9. The summed E-state index contributed by atoms with van der Waals surface area (Å²) in [7, 11) is -6.34. The topological polar surface area (TPSA) is 172 Å². The van der Waals surface area contributed by atoms with Gasteiger partial charge in [0.2, 0.25) is 0 Å². The van der Waals surface area contributed by atoms with Crippen LogP contribution in [-0.4, -0.2) is 113 Å². The zero-order valence-corrected chi connectivity index (χ0v) is 67.9. The fourth-order valence-corrected chi connectivity index (χ4v) is 28.1. The van der Waals surface area contributed by atoms with Crippen LogP contribution in [0.3, 0.4) is 0 Å². The fourth-order valence-electron chi connectivity index (χ4n) is 23.9. The van der Waals surface area contributed by atoms with Crippen molar-refractivity contribution >= 4 is 49.2 Å². The van der Waals surface area contributed by atoms with Gasteiger partial charge in [-0.3, -0.25) is 4.79 Å². The Bertz CT molecular complexity index is 3440. The molecule has 3 saturated heterocycles. The summed E-state index contributed by atoms with van der Waals surface area (Å²) >= 11 is 0. The maximum absolute atomic E-state index is 14.7. The van der Waals surface area contributed by atoms with Crippen LogP contribution in [0.1, 0.15) is 210 Å². The molecule has 2 bridgehead atoms. The van der Waals surface area contributed by atoms with Crippen LogP contribution in [-0.2, 0) is 46.5 Å². The van der Waals surface area contributed by atoms with Crippen LogP contribution in [0.5, 0.6) is 0 Å². The predicted molar refractivity (Wildman–Crippen MR) is 384 cm³/mol. The Balaban J connectivity index is 0.000000131. The molecule has 542 valence electrons. The molecule has 97 heavy (non-hydrogen) atoms. The van der Waals surface area contributed by atoms with Gasteiger partial charge in [0.15, 0.2) is 65.9 Å². The molecule has 0 unspecified atom stereocenters. The van der Waals surface area contributed by atoms with Crippen molar-refractivity contribution in [3.8, 4) is 0 Å². The average Bonchev–Trinajstić information content (AvgIpc) is 1.51. The number of hydrogen-bond donors (Lipinski definition) is 1. The molecule has 1 N–H and O–H groups in total. The highest BCUT2D eigenvalue weighted by Crippen LogP contribution is 2.79. The second kappa shape index (κ2) is 21.3. The Labute approximate surface area is 586 Å². The molecule has 9 saturated carbocycles. The largest absolute Gasteiger partial charge is 0.509 e. The minimum Gasteiger partial charge on any atom is -0.426 e. The van der Waals surface area contributed by atoms with E-state index < -0.39 is 83.4 Å². The van der Waals surface area contributed by atoms with Crippen LogP contribution in [0, 0.1) is 104 Å². The number of fused-ring (bicyclic) bond motifs is 11. The lowest BCUT2D eigenvalue weighted by molar-refractivity contribution is -0.144. The summed E-state index contributed by atoms with van der Waals surface area (Å²) in [6, 6.07) is 0. The quantitative estimate of drug-likeness (QED) is 0.115. The molecular weight excluding hydrogens is 1270 g/mol. The molecule has 14 nitrogen and oxygen atoms in total. The third-order valence-electron chi connectivity index (χ3n) is 32.0. The van der Waals surface area contributed by atoms with Gasteiger partial charge in [-0.2, -0.15) is 0 Å². The van der Waals surface area contributed by atoms with Gasteiger partial charge in [0, 0.05) is 42.9 Å². The maximum Gasteiger partial charge on any atom is 0.509 e. The van der Waals surface area contributed by atoms with Crippen LogP contribution < -0.4 is 0 Å². The third-order valence-corrected chi connectivity index (χ3v) is 45.5. The third kappa shape index (κ3) is 10.0. The first kappa shape index (κ1) is 72.3. The van der Waals surface area contributed by atoms with Gasteiger partial charge >= 0.3 is 18.5 Å². The van der Waals surface area contributed by atoms with Crippen LogP contribution in [0.15, 0.2) is 47.1 Å². The molecule has 15 rings (SSSR count). The lowest BCUT2D eigenvalue weighted by atomic mass is 9.60. The summed E-state index contributed by atoms with van der Waals surface area (Å²) in [5.74, 6) is 4.14. The summed E-state index contributed by atoms with van der Waals surface area (Å²) in [5, 5.41) is 11.5. The number of allylic oxidation sites excluding steroid dienone is 1. The molecule has 12 aliphatic carbocycles. The molecule has 0 radical (unpaired) electrons. The van der Waals surface area contributed by atoms with E-state index in [1.54, 1.807) is 0 Å². The molecular formula is C80H126O14Si3. The zero-order chi connectivity index (χ0) is 71.9. The summed E-state index contributed by atoms with van der Waals surface area (Å²) in [6.45, 7) is 68.3. The van der Waals surface area contributed by atoms with Gasteiger partial charge < -0.3 is 46.8 Å². The Morgan fingerprint density at radius 3 is 1.38 bits per heavy atom. The first-order valence-corrected chi connectivity index (χ1v) is 46.6. The molecule has 17 heteroatoms. The van der Waals surface area contributed by atoms with Crippen molar-refractivity contribution in [1.29, 1.82) is 0 Å². The van der Waals surface area contributed by atoms with E-state index in [9.17, 15) is 24.3 Å². The average molecular weight is 1400 g/mol. The molecule has 25 atom stereocenters. The number of ether oxygens (including phenoxy) is 6. The highest BCUT2D eigenvalue weighted by Gasteiger charge is 2.81. The standard InChI is InChI=1S/C27H44O5Si.C27H42O4Si.C26H40O5Si/c1-15-20(32-33(9,10)23(2,3)4)19-18-16(24(18,5)6)11-12-26(19,8)17-13-25(7,29)14-27(17)21(15)30-22(28)31-27;1-15-13-18-26(8)12-11-17-19(25(17,6)7)20(26)21(31-32(9,10)24(3,4)5)16(2)22-27(18,14-15)30-23(28)29-22;1-14-12-25-11-10-16-18(24(16,6)7)17(20(25)27)19(31-32(8,9)23(3,4)5)15(2)21-26(25,13-14)30-22(28)29-21/h13,15-16,18-21,29H,11-12,14H2,1-10H3;13,16-17,19-22H,1,11-12,14H2,2-10H3;12,15-19,21H,10-11,13H2,1-9H3/t15-,16+,18+,19+,20+,21+,25+,26+,27-;16-,17+,19+,20+,21+,22+,26+,27-;15-,16+,17+,18+,19+,21+,25+,26+/m000/s1. The Morgan fingerprint density at radius 2 is 0.897 bits per heavy atom. The summed E-state index contributed by atoms with van der Waals surface area (Å²) in [5.41, 5.74) is 0.650. The van der Waals surface area contributed by atoms with E-state index in [0.29, 0.717) is 66.1 Å². The fraction of sp³-hybridized carbons (Fsp3) is 0.850. The van der Waals surface area contributed by atoms with E-state index in [1.165, 1.54) is 18.4 Å². The van der Waals surface area contributed by atoms with Gasteiger partial charge in [-0.05, 0) is 198 Å². The summed E-state index contributed by atoms with van der Waals surface area (Å²) in [4.78, 5) is 52.5. The van der Waals surface area contributed by atoms with Crippen LogP contribution in [0.2, 0.25) is 54.4 Å². The van der Waals surface area contributed by atoms with Crippen LogP contribution >= 0.6 is 0 Å². The molecule has 12 fully saturated rings. The number of aliphatic hydroxyl groups is 1. The number of rotatable bonds is 6. The van der Waals surface area contributed by atoms with E-state index in [1.807, 2.05) is 13.0 Å². The molecule has 15 aliphatic rings. The SMILES string of the molecule is C=C1C=C2[C@]3(C1)OC(=O)O[C@@H]3[C@@H](C)[C@@H](O[Si](C)(C)C(C)(C)C)[C@H]1[C@H]3[C@@H](CC[C@]21C)C3(C)C.CC1=C[C@]23CC[C@@H]4[C@H]([C@@H](C2=O)[C@H](O[Si](C)(C)C(C)(C)C)[C@H](C)[C@H]2OC(=O)O[C@]23C1)C4(C)C.C[C@H]1[C@@H](O[Si](C)(C)C(C)(C)C)[C@H]2[C@H]3[C@@H](CC[C@]2(C)C2=C[C@@](C)(O)C[C@]24OC(=O)O[C@H]14)C3(C)C. The van der Waals surface area contributed by atoms with Gasteiger partial charge in [0.05, 0.1) is 29.3 Å². The molecule has 0 aromatic rings. The second-order valence-electron chi connectivity index (χ2n) is 41.8. The van der Waals surface area contributed by atoms with Crippen molar-refractivity contribution in [1.82, 2.24) is 0 Å². The first-order valence-electron chi connectivity index (χ1n) is 37.8. The number of ketones is 1. The lowest BCUT2D eigenvalue weighted by Gasteiger charge is -2.50.